The molecule has 0 unspecified atom stereocenters. The van der Waals surface area contributed by atoms with Gasteiger partial charge < -0.3 is 23.9 Å². The molecule has 1 N–H and O–H groups in total. The minimum atomic E-state index is -0.483. The number of ether oxygens (including phenoxy) is 3. The summed E-state index contributed by atoms with van der Waals surface area (Å²) < 4.78 is 21.8. The van der Waals surface area contributed by atoms with E-state index < -0.39 is 5.97 Å². The van der Waals surface area contributed by atoms with Crippen LogP contribution < -0.4 is 14.8 Å². The molecule has 1 amide bonds. The van der Waals surface area contributed by atoms with Crippen molar-refractivity contribution >= 4 is 22.8 Å². The molecule has 31 heavy (non-hydrogen) atoms. The van der Waals surface area contributed by atoms with Crippen LogP contribution in [0.5, 0.6) is 11.5 Å². The monoisotopic (exact) mass is 423 g/mol. The molecule has 1 aromatic heterocycles. The van der Waals surface area contributed by atoms with Crippen molar-refractivity contribution in [1.82, 2.24) is 5.32 Å². The van der Waals surface area contributed by atoms with Crippen LogP contribution in [0.3, 0.4) is 0 Å². The molecule has 1 aliphatic heterocycles. The zero-order valence-electron chi connectivity index (χ0n) is 17.8. The maximum atomic E-state index is 12.3. The lowest BCUT2D eigenvalue weighted by molar-refractivity contribution is -0.148. The number of hydrogen-bond acceptors (Lipinski definition) is 6. The van der Waals surface area contributed by atoms with Crippen LogP contribution in [-0.4, -0.2) is 31.7 Å². The predicted octanol–water partition coefficient (Wildman–Crippen LogP) is 3.78. The first-order valence-electron chi connectivity index (χ1n) is 10.2. The summed E-state index contributed by atoms with van der Waals surface area (Å²) >= 11 is 0. The Bertz CT molecular complexity index is 1130. The van der Waals surface area contributed by atoms with Crippen molar-refractivity contribution in [3.05, 3.63) is 58.8 Å². The minimum absolute atomic E-state index is 0.0422. The van der Waals surface area contributed by atoms with Crippen molar-refractivity contribution in [1.29, 1.82) is 0 Å². The molecule has 0 fully saturated rings. The normalized spacial score (nSPS) is 13.6. The molecule has 4 rings (SSSR count). The van der Waals surface area contributed by atoms with Crippen molar-refractivity contribution in [2.45, 2.75) is 33.2 Å². The van der Waals surface area contributed by atoms with Gasteiger partial charge in [-0.1, -0.05) is 6.07 Å². The number of benzene rings is 2. The zero-order valence-corrected chi connectivity index (χ0v) is 17.8. The zero-order chi connectivity index (χ0) is 22.0. The van der Waals surface area contributed by atoms with Crippen LogP contribution in [0.2, 0.25) is 0 Å². The number of fused-ring (bicyclic) bond motifs is 2. The van der Waals surface area contributed by atoms with Gasteiger partial charge in [-0.3, -0.25) is 9.59 Å². The maximum absolute atomic E-state index is 12.3. The highest BCUT2D eigenvalue weighted by Gasteiger charge is 2.17. The summed E-state index contributed by atoms with van der Waals surface area (Å²) in [7, 11) is 0. The predicted molar refractivity (Wildman–Crippen MR) is 114 cm³/mol. The van der Waals surface area contributed by atoms with Gasteiger partial charge >= 0.3 is 5.97 Å². The number of carbonyl (C=O) groups excluding carboxylic acids is 2. The van der Waals surface area contributed by atoms with E-state index in [1.165, 1.54) is 0 Å². The van der Waals surface area contributed by atoms with Gasteiger partial charge in [-0.2, -0.15) is 0 Å². The van der Waals surface area contributed by atoms with E-state index in [0.717, 1.165) is 33.2 Å². The number of aryl methyl sites for hydroxylation is 2. The molecule has 2 heterocycles. The topological polar surface area (TPSA) is 87.0 Å². The number of esters is 1. The Morgan fingerprint density at radius 3 is 2.61 bits per heavy atom. The lowest BCUT2D eigenvalue weighted by atomic mass is 10.0. The molecule has 1 atom stereocenters. The number of hydrogen-bond donors (Lipinski definition) is 1. The molecule has 0 spiro atoms. The highest BCUT2D eigenvalue weighted by Crippen LogP contribution is 2.32. The Labute approximate surface area is 180 Å². The van der Waals surface area contributed by atoms with E-state index in [4.69, 9.17) is 18.6 Å². The lowest BCUT2D eigenvalue weighted by Gasteiger charge is -2.21. The summed E-state index contributed by atoms with van der Waals surface area (Å²) in [5.41, 5.74) is 4.60. The Morgan fingerprint density at radius 2 is 1.81 bits per heavy atom. The first-order valence-corrected chi connectivity index (χ1v) is 10.2. The van der Waals surface area contributed by atoms with Crippen molar-refractivity contribution in [3.63, 3.8) is 0 Å². The fourth-order valence-corrected chi connectivity index (χ4v) is 3.52. The molecule has 7 nitrogen and oxygen atoms in total. The SMILES string of the molecule is Cc1cc2occ(CC(=O)OCC(=O)N[C@H](C)c3ccc4c(c3)OCCO4)c2cc1C. The summed E-state index contributed by atoms with van der Waals surface area (Å²) in [5, 5.41) is 3.72. The molecule has 2 aromatic carbocycles. The molecule has 0 saturated carbocycles. The second-order valence-electron chi connectivity index (χ2n) is 7.72. The summed E-state index contributed by atoms with van der Waals surface area (Å²) in [6.45, 7) is 6.55. The first-order chi connectivity index (χ1) is 14.9. The van der Waals surface area contributed by atoms with Gasteiger partial charge in [0.15, 0.2) is 18.1 Å². The molecular formula is C24H25NO6. The third kappa shape index (κ3) is 4.66. The molecule has 1 aliphatic rings. The summed E-state index contributed by atoms with van der Waals surface area (Å²) in [6, 6.07) is 9.22. The summed E-state index contributed by atoms with van der Waals surface area (Å²) in [4.78, 5) is 24.5. The quantitative estimate of drug-likeness (QED) is 0.607. The van der Waals surface area contributed by atoms with Crippen LogP contribution in [0.15, 0.2) is 41.0 Å². The molecule has 0 radical (unpaired) electrons. The highest BCUT2D eigenvalue weighted by atomic mass is 16.6. The van der Waals surface area contributed by atoms with Crippen LogP contribution in [0.1, 0.15) is 35.2 Å². The van der Waals surface area contributed by atoms with Gasteiger partial charge in [0.05, 0.1) is 18.7 Å². The van der Waals surface area contributed by atoms with E-state index in [1.54, 1.807) is 6.26 Å². The van der Waals surface area contributed by atoms with E-state index in [-0.39, 0.29) is 25.0 Å². The standard InChI is InChI=1S/C24H25NO6/c1-14-8-19-18(12-30-21(19)9-15(14)2)11-24(27)31-13-23(26)25-16(3)17-4-5-20-22(10-17)29-7-6-28-20/h4-5,8-10,12,16H,6-7,11,13H2,1-3H3,(H,25,26)/t16-/m1/s1. The molecular weight excluding hydrogens is 398 g/mol. The van der Waals surface area contributed by atoms with Gasteiger partial charge in [0.2, 0.25) is 0 Å². The van der Waals surface area contributed by atoms with E-state index >= 15 is 0 Å². The molecule has 7 heteroatoms. The Balaban J connectivity index is 1.30. The van der Waals surface area contributed by atoms with E-state index in [0.29, 0.717) is 24.7 Å². The van der Waals surface area contributed by atoms with E-state index in [9.17, 15) is 9.59 Å². The number of carbonyl (C=O) groups is 2. The van der Waals surface area contributed by atoms with Crippen molar-refractivity contribution in [3.8, 4) is 11.5 Å². The average Bonchev–Trinajstić information content (AvgIpc) is 3.13. The van der Waals surface area contributed by atoms with E-state index in [2.05, 4.69) is 5.32 Å². The summed E-state index contributed by atoms with van der Waals surface area (Å²) in [6.07, 6.45) is 1.61. The Kier molecular flexibility index (Phi) is 5.84. The molecule has 3 aromatic rings. The lowest BCUT2D eigenvalue weighted by Crippen LogP contribution is -2.31. The minimum Gasteiger partial charge on any atom is -0.486 e. The fourth-order valence-electron chi connectivity index (χ4n) is 3.52. The van der Waals surface area contributed by atoms with Crippen molar-refractivity contribution in [2.24, 2.45) is 0 Å². The largest absolute Gasteiger partial charge is 0.486 e. The van der Waals surface area contributed by atoms with Crippen molar-refractivity contribution in [2.75, 3.05) is 19.8 Å². The number of rotatable bonds is 6. The van der Waals surface area contributed by atoms with Gasteiger partial charge in [-0.15, -0.1) is 0 Å². The van der Waals surface area contributed by atoms with Crippen LogP contribution >= 0.6 is 0 Å². The van der Waals surface area contributed by atoms with Crippen LogP contribution in [0.25, 0.3) is 11.0 Å². The van der Waals surface area contributed by atoms with Crippen LogP contribution in [0, 0.1) is 13.8 Å². The molecule has 0 saturated heterocycles. The smallest absolute Gasteiger partial charge is 0.310 e. The number of amides is 1. The van der Waals surface area contributed by atoms with Crippen LogP contribution in [-0.2, 0) is 20.7 Å². The van der Waals surface area contributed by atoms with Crippen LogP contribution in [0.4, 0.5) is 0 Å². The molecule has 0 aliphatic carbocycles. The Morgan fingerprint density at radius 1 is 1.06 bits per heavy atom. The molecule has 162 valence electrons. The number of nitrogens with one attached hydrogen (secondary N) is 1. The first kappa shape index (κ1) is 20.8. The highest BCUT2D eigenvalue weighted by molar-refractivity contribution is 5.87. The van der Waals surface area contributed by atoms with Gasteiger partial charge in [0.1, 0.15) is 18.8 Å². The maximum Gasteiger partial charge on any atom is 0.310 e. The molecule has 0 bridgehead atoms. The van der Waals surface area contributed by atoms with Gasteiger partial charge in [-0.25, -0.2) is 0 Å². The summed E-state index contributed by atoms with van der Waals surface area (Å²) in [5.74, 6) is 0.496. The van der Waals surface area contributed by atoms with Crippen molar-refractivity contribution < 1.29 is 28.2 Å². The van der Waals surface area contributed by atoms with Gasteiger partial charge in [0, 0.05) is 10.9 Å². The third-order valence-electron chi connectivity index (χ3n) is 5.41. The Hall–Kier alpha value is -3.48. The second-order valence-corrected chi connectivity index (χ2v) is 7.72. The fraction of sp³-hybridized carbons (Fsp3) is 0.333. The van der Waals surface area contributed by atoms with Gasteiger partial charge in [-0.05, 0) is 61.7 Å². The average molecular weight is 423 g/mol. The third-order valence-corrected chi connectivity index (χ3v) is 5.41. The van der Waals surface area contributed by atoms with E-state index in [1.807, 2.05) is 51.1 Å². The number of furan rings is 1. The second kappa shape index (κ2) is 8.71. The van der Waals surface area contributed by atoms with Gasteiger partial charge in [0.25, 0.3) is 5.91 Å².